The zero-order chi connectivity index (χ0) is 12.3. The standard InChI is InChI=1S/C12H14Cl2O3/c13-9-2-1-3-10(14)11(9)17-8-12(15)4-6-16-7-5-12/h1-3,15H,4-8H2. The van der Waals surface area contributed by atoms with Crippen molar-refractivity contribution >= 4 is 23.2 Å². The van der Waals surface area contributed by atoms with E-state index in [-0.39, 0.29) is 6.61 Å². The summed E-state index contributed by atoms with van der Waals surface area (Å²) >= 11 is 12.0. The molecule has 0 amide bonds. The highest BCUT2D eigenvalue weighted by Gasteiger charge is 2.31. The van der Waals surface area contributed by atoms with Crippen LogP contribution in [-0.4, -0.2) is 30.5 Å². The van der Waals surface area contributed by atoms with Crippen LogP contribution in [0, 0.1) is 0 Å². The number of benzene rings is 1. The van der Waals surface area contributed by atoms with Gasteiger partial charge in [-0.25, -0.2) is 0 Å². The van der Waals surface area contributed by atoms with Crippen LogP contribution in [0.15, 0.2) is 18.2 Å². The Labute approximate surface area is 110 Å². The van der Waals surface area contributed by atoms with Gasteiger partial charge in [0.1, 0.15) is 12.2 Å². The Kier molecular flexibility index (Phi) is 4.15. The molecule has 5 heteroatoms. The van der Waals surface area contributed by atoms with Gasteiger partial charge in [-0.05, 0) is 12.1 Å². The second-order valence-corrected chi connectivity index (χ2v) is 4.99. The minimum Gasteiger partial charge on any atom is -0.487 e. The molecular weight excluding hydrogens is 263 g/mol. The fourth-order valence-electron chi connectivity index (χ4n) is 1.72. The molecule has 1 N–H and O–H groups in total. The Bertz CT molecular complexity index is 369. The summed E-state index contributed by atoms with van der Waals surface area (Å²) in [5.41, 5.74) is -0.846. The van der Waals surface area contributed by atoms with Crippen LogP contribution in [0.3, 0.4) is 0 Å². The van der Waals surface area contributed by atoms with Gasteiger partial charge in [-0.3, -0.25) is 0 Å². The van der Waals surface area contributed by atoms with Crippen molar-refractivity contribution in [2.24, 2.45) is 0 Å². The Balaban J connectivity index is 2.02. The van der Waals surface area contributed by atoms with Crippen molar-refractivity contribution in [3.63, 3.8) is 0 Å². The van der Waals surface area contributed by atoms with Crippen LogP contribution in [0.5, 0.6) is 5.75 Å². The van der Waals surface area contributed by atoms with Gasteiger partial charge < -0.3 is 14.6 Å². The van der Waals surface area contributed by atoms with Crippen LogP contribution in [0.25, 0.3) is 0 Å². The van der Waals surface area contributed by atoms with Crippen LogP contribution in [0.4, 0.5) is 0 Å². The monoisotopic (exact) mass is 276 g/mol. The van der Waals surface area contributed by atoms with Gasteiger partial charge in [-0.2, -0.15) is 0 Å². The van der Waals surface area contributed by atoms with Crippen molar-refractivity contribution in [3.8, 4) is 5.75 Å². The van der Waals surface area contributed by atoms with Crippen molar-refractivity contribution in [2.45, 2.75) is 18.4 Å². The lowest BCUT2D eigenvalue weighted by molar-refractivity contribution is -0.0855. The average molecular weight is 277 g/mol. The van der Waals surface area contributed by atoms with E-state index in [9.17, 15) is 5.11 Å². The van der Waals surface area contributed by atoms with Gasteiger partial charge in [-0.1, -0.05) is 29.3 Å². The topological polar surface area (TPSA) is 38.7 Å². The van der Waals surface area contributed by atoms with E-state index in [0.29, 0.717) is 41.9 Å². The summed E-state index contributed by atoms with van der Waals surface area (Å²) in [4.78, 5) is 0. The van der Waals surface area contributed by atoms with Crippen molar-refractivity contribution in [1.29, 1.82) is 0 Å². The van der Waals surface area contributed by atoms with Crippen molar-refractivity contribution in [1.82, 2.24) is 0 Å². The third-order valence-electron chi connectivity index (χ3n) is 2.83. The molecule has 1 saturated heterocycles. The fourth-order valence-corrected chi connectivity index (χ4v) is 2.23. The molecule has 2 rings (SSSR count). The van der Waals surface area contributed by atoms with Crippen LogP contribution < -0.4 is 4.74 Å². The van der Waals surface area contributed by atoms with Crippen LogP contribution in [-0.2, 0) is 4.74 Å². The van der Waals surface area contributed by atoms with Crippen molar-refractivity contribution in [3.05, 3.63) is 28.2 Å². The van der Waals surface area contributed by atoms with Crippen LogP contribution in [0.2, 0.25) is 10.0 Å². The molecule has 0 saturated carbocycles. The van der Waals surface area contributed by atoms with Crippen molar-refractivity contribution < 1.29 is 14.6 Å². The summed E-state index contributed by atoms with van der Waals surface area (Å²) in [6.07, 6.45) is 1.13. The third kappa shape index (κ3) is 3.26. The Morgan fingerprint density at radius 2 is 1.82 bits per heavy atom. The predicted molar refractivity (Wildman–Crippen MR) is 67.0 cm³/mol. The molecule has 0 aliphatic carbocycles. The molecule has 1 heterocycles. The first kappa shape index (κ1) is 13.0. The number of rotatable bonds is 3. The molecule has 1 aromatic rings. The molecule has 1 aliphatic heterocycles. The van der Waals surface area contributed by atoms with E-state index in [1.165, 1.54) is 0 Å². The fraction of sp³-hybridized carbons (Fsp3) is 0.500. The first-order valence-corrected chi connectivity index (χ1v) is 6.23. The normalized spacial score (nSPS) is 19.0. The molecule has 3 nitrogen and oxygen atoms in total. The largest absolute Gasteiger partial charge is 0.487 e. The molecule has 0 aromatic heterocycles. The number of hydrogen-bond donors (Lipinski definition) is 1. The summed E-state index contributed by atoms with van der Waals surface area (Å²) < 4.78 is 10.7. The molecule has 0 bridgehead atoms. The van der Waals surface area contributed by atoms with Gasteiger partial charge in [0.25, 0.3) is 0 Å². The minimum atomic E-state index is -0.846. The summed E-state index contributed by atoms with van der Waals surface area (Å²) in [5.74, 6) is 0.427. The maximum absolute atomic E-state index is 10.2. The van der Waals surface area contributed by atoms with E-state index in [0.717, 1.165) is 0 Å². The zero-order valence-electron chi connectivity index (χ0n) is 9.29. The molecule has 0 spiro atoms. The summed E-state index contributed by atoms with van der Waals surface area (Å²) in [6.45, 7) is 1.28. The SMILES string of the molecule is OC1(COc2c(Cl)cccc2Cl)CCOCC1. The van der Waals surface area contributed by atoms with Crippen LogP contribution >= 0.6 is 23.2 Å². The number of hydrogen-bond acceptors (Lipinski definition) is 3. The zero-order valence-corrected chi connectivity index (χ0v) is 10.8. The molecule has 1 fully saturated rings. The van der Waals surface area contributed by atoms with Gasteiger partial charge in [0.2, 0.25) is 0 Å². The van der Waals surface area contributed by atoms with Crippen molar-refractivity contribution in [2.75, 3.05) is 19.8 Å². The number of ether oxygens (including phenoxy) is 2. The number of para-hydroxylation sites is 1. The summed E-state index contributed by atoms with van der Waals surface area (Å²) in [7, 11) is 0. The smallest absolute Gasteiger partial charge is 0.156 e. The van der Waals surface area contributed by atoms with E-state index >= 15 is 0 Å². The summed E-state index contributed by atoms with van der Waals surface area (Å²) in [5, 5.41) is 11.1. The molecular formula is C12H14Cl2O3. The lowest BCUT2D eigenvalue weighted by atomic mass is 9.96. The maximum atomic E-state index is 10.2. The second-order valence-electron chi connectivity index (χ2n) is 4.18. The van der Waals surface area contributed by atoms with Gasteiger partial charge >= 0.3 is 0 Å². The van der Waals surface area contributed by atoms with E-state index in [1.54, 1.807) is 18.2 Å². The summed E-state index contributed by atoms with van der Waals surface area (Å²) in [6, 6.07) is 5.16. The maximum Gasteiger partial charge on any atom is 0.156 e. The van der Waals surface area contributed by atoms with Gasteiger partial charge in [0.15, 0.2) is 5.75 Å². The highest BCUT2D eigenvalue weighted by Crippen LogP contribution is 2.33. The Morgan fingerprint density at radius 1 is 1.24 bits per heavy atom. The molecule has 1 aromatic carbocycles. The predicted octanol–water partition coefficient (Wildman–Crippen LogP) is 2.91. The molecule has 0 atom stereocenters. The van der Waals surface area contributed by atoms with Crippen LogP contribution in [0.1, 0.15) is 12.8 Å². The first-order chi connectivity index (χ1) is 8.11. The Morgan fingerprint density at radius 3 is 2.41 bits per heavy atom. The highest BCUT2D eigenvalue weighted by atomic mass is 35.5. The van der Waals surface area contributed by atoms with E-state index in [4.69, 9.17) is 32.7 Å². The minimum absolute atomic E-state index is 0.180. The van der Waals surface area contributed by atoms with Gasteiger partial charge in [-0.15, -0.1) is 0 Å². The lowest BCUT2D eigenvalue weighted by Gasteiger charge is -2.31. The Hall–Kier alpha value is -0.480. The van der Waals surface area contributed by atoms with E-state index in [2.05, 4.69) is 0 Å². The number of halogens is 2. The highest BCUT2D eigenvalue weighted by molar-refractivity contribution is 6.37. The van der Waals surface area contributed by atoms with Gasteiger partial charge in [0.05, 0.1) is 10.0 Å². The third-order valence-corrected chi connectivity index (χ3v) is 3.42. The quantitative estimate of drug-likeness (QED) is 0.923. The molecule has 0 radical (unpaired) electrons. The van der Waals surface area contributed by atoms with E-state index in [1.807, 2.05) is 0 Å². The molecule has 0 unspecified atom stereocenters. The van der Waals surface area contributed by atoms with Gasteiger partial charge in [0, 0.05) is 26.1 Å². The number of aliphatic hydroxyl groups is 1. The molecule has 1 aliphatic rings. The molecule has 94 valence electrons. The lowest BCUT2D eigenvalue weighted by Crippen LogP contribution is -2.41. The molecule has 17 heavy (non-hydrogen) atoms. The first-order valence-electron chi connectivity index (χ1n) is 5.48. The average Bonchev–Trinajstić information content (AvgIpc) is 2.29. The second kappa shape index (κ2) is 5.44. The van der Waals surface area contributed by atoms with E-state index < -0.39 is 5.60 Å².